The number of likely N-dealkylation sites (tertiary alicyclic amines) is 1. The van der Waals surface area contributed by atoms with Gasteiger partial charge in [-0.25, -0.2) is 12.7 Å². The summed E-state index contributed by atoms with van der Waals surface area (Å²) < 4.78 is 26.0. The standard InChI is InChI=1S/C21H23N3O5S/c1-23(2)30(28,29)18-6-4-3-5-17(18)13-22-21(27)16-9-7-15(8-10-16)14-24-19(25)11-12-20(24)26/h3-10H,11-14H2,1-2H3,(H,22,27). The summed E-state index contributed by atoms with van der Waals surface area (Å²) in [4.78, 5) is 37.3. The second kappa shape index (κ2) is 8.76. The number of imide groups is 1. The summed E-state index contributed by atoms with van der Waals surface area (Å²) in [5.41, 5.74) is 1.63. The van der Waals surface area contributed by atoms with E-state index in [2.05, 4.69) is 5.32 Å². The first-order valence-corrected chi connectivity index (χ1v) is 10.8. The van der Waals surface area contributed by atoms with Crippen molar-refractivity contribution in [3.8, 4) is 0 Å². The van der Waals surface area contributed by atoms with Crippen LogP contribution in [0.5, 0.6) is 0 Å². The number of benzene rings is 2. The Hall–Kier alpha value is -3.04. The van der Waals surface area contributed by atoms with E-state index in [1.165, 1.54) is 25.1 Å². The highest BCUT2D eigenvalue weighted by Crippen LogP contribution is 2.19. The van der Waals surface area contributed by atoms with E-state index in [0.29, 0.717) is 11.1 Å². The number of amides is 3. The molecule has 1 saturated heterocycles. The van der Waals surface area contributed by atoms with Crippen LogP contribution in [0, 0.1) is 0 Å². The molecule has 0 bridgehead atoms. The maximum Gasteiger partial charge on any atom is 0.251 e. The lowest BCUT2D eigenvalue weighted by Gasteiger charge is -2.16. The van der Waals surface area contributed by atoms with Gasteiger partial charge >= 0.3 is 0 Å². The van der Waals surface area contributed by atoms with E-state index in [4.69, 9.17) is 0 Å². The summed E-state index contributed by atoms with van der Waals surface area (Å²) in [6, 6.07) is 13.1. The van der Waals surface area contributed by atoms with Gasteiger partial charge in [0.05, 0.1) is 11.4 Å². The van der Waals surface area contributed by atoms with Crippen molar-refractivity contribution in [2.75, 3.05) is 14.1 Å². The molecule has 0 aliphatic carbocycles. The fourth-order valence-corrected chi connectivity index (χ4v) is 4.23. The molecule has 0 saturated carbocycles. The van der Waals surface area contributed by atoms with Gasteiger partial charge in [0.25, 0.3) is 5.91 Å². The zero-order valence-corrected chi connectivity index (χ0v) is 17.6. The number of nitrogens with one attached hydrogen (secondary N) is 1. The molecule has 8 nitrogen and oxygen atoms in total. The smallest absolute Gasteiger partial charge is 0.251 e. The highest BCUT2D eigenvalue weighted by Gasteiger charge is 2.28. The maximum absolute atomic E-state index is 12.5. The summed E-state index contributed by atoms with van der Waals surface area (Å²) in [5.74, 6) is -0.728. The first-order chi connectivity index (χ1) is 14.2. The lowest BCUT2D eigenvalue weighted by atomic mass is 10.1. The van der Waals surface area contributed by atoms with E-state index in [1.807, 2.05) is 0 Å². The number of carbonyl (C=O) groups is 3. The van der Waals surface area contributed by atoms with Gasteiger partial charge in [0.15, 0.2) is 0 Å². The second-order valence-electron chi connectivity index (χ2n) is 7.15. The molecule has 3 rings (SSSR count). The summed E-state index contributed by atoms with van der Waals surface area (Å²) in [6.07, 6.45) is 0.481. The number of nitrogens with zero attached hydrogens (tertiary/aromatic N) is 2. The molecule has 2 aromatic rings. The Morgan fingerprint density at radius 3 is 2.20 bits per heavy atom. The highest BCUT2D eigenvalue weighted by molar-refractivity contribution is 7.89. The average molecular weight is 429 g/mol. The minimum atomic E-state index is -3.62. The van der Waals surface area contributed by atoms with Crippen molar-refractivity contribution in [3.63, 3.8) is 0 Å². The molecule has 1 aliphatic rings. The molecule has 1 fully saturated rings. The van der Waals surface area contributed by atoms with Crippen LogP contribution in [0.3, 0.4) is 0 Å². The van der Waals surface area contributed by atoms with Gasteiger partial charge < -0.3 is 5.32 Å². The van der Waals surface area contributed by atoms with E-state index >= 15 is 0 Å². The van der Waals surface area contributed by atoms with Crippen LogP contribution < -0.4 is 5.32 Å². The van der Waals surface area contributed by atoms with Crippen molar-refractivity contribution < 1.29 is 22.8 Å². The fourth-order valence-electron chi connectivity index (χ4n) is 3.12. The zero-order valence-electron chi connectivity index (χ0n) is 16.8. The molecule has 0 unspecified atom stereocenters. The molecule has 1 N–H and O–H groups in total. The van der Waals surface area contributed by atoms with Crippen molar-refractivity contribution in [2.45, 2.75) is 30.8 Å². The van der Waals surface area contributed by atoms with Gasteiger partial charge in [0.1, 0.15) is 0 Å². The Bertz CT molecular complexity index is 1060. The number of carbonyl (C=O) groups excluding carboxylic acids is 3. The molecule has 1 heterocycles. The van der Waals surface area contributed by atoms with E-state index in [0.717, 1.165) is 9.87 Å². The van der Waals surface area contributed by atoms with Crippen LogP contribution in [-0.4, -0.2) is 49.4 Å². The van der Waals surface area contributed by atoms with Crippen LogP contribution in [0.2, 0.25) is 0 Å². The van der Waals surface area contributed by atoms with Crippen LogP contribution in [0.15, 0.2) is 53.4 Å². The largest absolute Gasteiger partial charge is 0.348 e. The van der Waals surface area contributed by atoms with Crippen LogP contribution in [-0.2, 0) is 32.7 Å². The van der Waals surface area contributed by atoms with Crippen LogP contribution in [0.4, 0.5) is 0 Å². The predicted octanol–water partition coefficient (Wildman–Crippen LogP) is 1.52. The summed E-state index contributed by atoms with van der Waals surface area (Å²) in [6.45, 7) is 0.246. The first-order valence-electron chi connectivity index (χ1n) is 9.41. The third kappa shape index (κ3) is 4.58. The van der Waals surface area contributed by atoms with E-state index in [9.17, 15) is 22.8 Å². The van der Waals surface area contributed by atoms with Crippen molar-refractivity contribution in [3.05, 3.63) is 65.2 Å². The Morgan fingerprint density at radius 2 is 1.60 bits per heavy atom. The van der Waals surface area contributed by atoms with Gasteiger partial charge in [0.2, 0.25) is 21.8 Å². The topological polar surface area (TPSA) is 104 Å². The lowest BCUT2D eigenvalue weighted by molar-refractivity contribution is -0.139. The number of hydrogen-bond acceptors (Lipinski definition) is 5. The SMILES string of the molecule is CN(C)S(=O)(=O)c1ccccc1CNC(=O)c1ccc(CN2C(=O)CCC2=O)cc1. The maximum atomic E-state index is 12.5. The molecule has 0 aromatic heterocycles. The normalized spacial score (nSPS) is 14.4. The predicted molar refractivity (Wildman–Crippen MR) is 110 cm³/mol. The Balaban J connectivity index is 1.66. The summed E-state index contributed by atoms with van der Waals surface area (Å²) >= 11 is 0. The molecule has 30 heavy (non-hydrogen) atoms. The van der Waals surface area contributed by atoms with Crippen LogP contribution in [0.25, 0.3) is 0 Å². The summed E-state index contributed by atoms with van der Waals surface area (Å²) in [5, 5.41) is 2.73. The molecule has 3 amide bonds. The summed E-state index contributed by atoms with van der Waals surface area (Å²) in [7, 11) is -0.716. The first kappa shape index (κ1) is 21.7. The van der Waals surface area contributed by atoms with Gasteiger partial charge in [-0.3, -0.25) is 19.3 Å². The van der Waals surface area contributed by atoms with Gasteiger partial charge in [-0.2, -0.15) is 0 Å². The molecule has 0 atom stereocenters. The third-order valence-electron chi connectivity index (χ3n) is 4.88. The van der Waals surface area contributed by atoms with Crippen molar-refractivity contribution in [1.29, 1.82) is 0 Å². The van der Waals surface area contributed by atoms with E-state index in [1.54, 1.807) is 42.5 Å². The number of sulfonamides is 1. The molecule has 1 aliphatic heterocycles. The molecule has 158 valence electrons. The monoisotopic (exact) mass is 429 g/mol. The molecule has 9 heteroatoms. The quantitative estimate of drug-likeness (QED) is 0.672. The van der Waals surface area contributed by atoms with Crippen LogP contribution >= 0.6 is 0 Å². The number of hydrogen-bond donors (Lipinski definition) is 1. The number of rotatable bonds is 7. The average Bonchev–Trinajstić information content (AvgIpc) is 3.04. The second-order valence-corrected chi connectivity index (χ2v) is 9.27. The zero-order chi connectivity index (χ0) is 21.9. The minimum Gasteiger partial charge on any atom is -0.348 e. The van der Waals surface area contributed by atoms with Crippen LogP contribution in [0.1, 0.15) is 34.3 Å². The third-order valence-corrected chi connectivity index (χ3v) is 6.80. The molecule has 2 aromatic carbocycles. The molecule has 0 radical (unpaired) electrons. The van der Waals surface area contributed by atoms with Gasteiger partial charge in [-0.1, -0.05) is 30.3 Å². The van der Waals surface area contributed by atoms with Gasteiger partial charge in [-0.05, 0) is 29.3 Å². The van der Waals surface area contributed by atoms with Gasteiger partial charge in [-0.15, -0.1) is 0 Å². The highest BCUT2D eigenvalue weighted by atomic mass is 32.2. The van der Waals surface area contributed by atoms with Gasteiger partial charge in [0, 0.05) is 39.0 Å². The minimum absolute atomic E-state index is 0.0562. The lowest BCUT2D eigenvalue weighted by Crippen LogP contribution is -2.28. The Labute approximate surface area is 175 Å². The molecular weight excluding hydrogens is 406 g/mol. The Morgan fingerprint density at radius 1 is 1.00 bits per heavy atom. The van der Waals surface area contributed by atoms with Crippen molar-refractivity contribution in [1.82, 2.24) is 14.5 Å². The van der Waals surface area contributed by atoms with Crippen molar-refractivity contribution >= 4 is 27.7 Å². The Kier molecular flexibility index (Phi) is 6.33. The van der Waals surface area contributed by atoms with Crippen molar-refractivity contribution in [2.24, 2.45) is 0 Å². The van der Waals surface area contributed by atoms with E-state index in [-0.39, 0.29) is 48.5 Å². The molecular formula is C21H23N3O5S. The molecule has 0 spiro atoms. The van der Waals surface area contributed by atoms with E-state index < -0.39 is 10.0 Å². The fraction of sp³-hybridized carbons (Fsp3) is 0.286.